The molecule has 0 N–H and O–H groups in total. The maximum absolute atomic E-state index is 10.4. The number of carbonyl (C=O) groups is 1. The summed E-state index contributed by atoms with van der Waals surface area (Å²) in [5, 5.41) is -0.137. The third-order valence-corrected chi connectivity index (χ3v) is 3.76. The average Bonchev–Trinajstić information content (AvgIpc) is 2.85. The molecule has 0 aromatic carbocycles. The first-order valence-electron chi connectivity index (χ1n) is 6.31. The summed E-state index contributed by atoms with van der Waals surface area (Å²) < 4.78 is 0. The van der Waals surface area contributed by atoms with Crippen LogP contribution in [-0.4, -0.2) is 11.5 Å². The molecule has 2 rings (SSSR count). The zero-order valence-electron chi connectivity index (χ0n) is 9.71. The normalized spacial score (nSPS) is 22.3. The van der Waals surface area contributed by atoms with Crippen LogP contribution in [0.1, 0.15) is 57.8 Å². The number of carbonyl (C=O) groups excluding carboxylic acids is 2. The molecule has 0 atom stereocenters. The summed E-state index contributed by atoms with van der Waals surface area (Å²) in [6.07, 6.45) is 12.4. The van der Waals surface area contributed by atoms with Crippen LogP contribution >= 0.6 is 11.6 Å². The Hall–Kier alpha value is -0.370. The Morgan fingerprint density at radius 2 is 1.44 bits per heavy atom. The van der Waals surface area contributed by atoms with Crippen molar-refractivity contribution in [2.24, 2.45) is 11.8 Å². The molecule has 0 unspecified atom stereocenters. The quantitative estimate of drug-likeness (QED) is 0.695. The minimum Gasteiger partial charge on any atom is -0.291 e. The molecule has 16 heavy (non-hydrogen) atoms. The first-order valence-corrected chi connectivity index (χ1v) is 6.69. The van der Waals surface area contributed by atoms with E-state index in [9.17, 15) is 9.59 Å². The predicted molar refractivity (Wildman–Crippen MR) is 65.1 cm³/mol. The van der Waals surface area contributed by atoms with E-state index < -0.39 is 0 Å². The van der Waals surface area contributed by atoms with Gasteiger partial charge in [-0.1, -0.05) is 32.1 Å². The molecule has 0 saturated heterocycles. The molecule has 0 aromatic rings. The van der Waals surface area contributed by atoms with E-state index in [0.29, 0.717) is 0 Å². The van der Waals surface area contributed by atoms with Crippen LogP contribution in [0.2, 0.25) is 0 Å². The lowest BCUT2D eigenvalue weighted by Gasteiger charge is -2.13. The van der Waals surface area contributed by atoms with E-state index in [1.807, 2.05) is 0 Å². The smallest absolute Gasteiger partial charge is 0.224 e. The first kappa shape index (κ1) is 13.7. The highest BCUT2D eigenvalue weighted by molar-refractivity contribution is 6.64. The van der Waals surface area contributed by atoms with Gasteiger partial charge in [0.15, 0.2) is 0 Å². The van der Waals surface area contributed by atoms with Gasteiger partial charge in [0.1, 0.15) is 0 Å². The van der Waals surface area contributed by atoms with Gasteiger partial charge < -0.3 is 0 Å². The van der Waals surface area contributed by atoms with Gasteiger partial charge in [0, 0.05) is 11.8 Å². The lowest BCUT2D eigenvalue weighted by molar-refractivity contribution is -0.114. The van der Waals surface area contributed by atoms with Crippen molar-refractivity contribution in [3.8, 4) is 0 Å². The zero-order valence-corrected chi connectivity index (χ0v) is 10.5. The summed E-state index contributed by atoms with van der Waals surface area (Å²) in [5.41, 5.74) is 0. The SMILES string of the molecule is O=C(Cl)C1CCCC1.O=[C]C1CCCCC1. The minimum absolute atomic E-state index is 0.137. The second-order valence-corrected chi connectivity index (χ2v) is 5.11. The van der Waals surface area contributed by atoms with Gasteiger partial charge in [-0.2, -0.15) is 0 Å². The van der Waals surface area contributed by atoms with Gasteiger partial charge in [-0.15, -0.1) is 0 Å². The summed E-state index contributed by atoms with van der Waals surface area (Å²) in [6.45, 7) is 0. The van der Waals surface area contributed by atoms with Crippen LogP contribution in [0.25, 0.3) is 0 Å². The molecular weight excluding hydrogens is 224 g/mol. The van der Waals surface area contributed by atoms with E-state index in [4.69, 9.17) is 11.6 Å². The van der Waals surface area contributed by atoms with Crippen molar-refractivity contribution in [2.75, 3.05) is 0 Å². The first-order chi connectivity index (χ1) is 7.74. The maximum atomic E-state index is 10.4. The Balaban J connectivity index is 0.000000160. The Labute approximate surface area is 103 Å². The van der Waals surface area contributed by atoms with E-state index >= 15 is 0 Å². The third-order valence-electron chi connectivity index (χ3n) is 3.45. The maximum Gasteiger partial charge on any atom is 0.224 e. The van der Waals surface area contributed by atoms with Crippen LogP contribution in [-0.2, 0) is 9.59 Å². The molecule has 0 aliphatic heterocycles. The number of hydrogen-bond donors (Lipinski definition) is 0. The van der Waals surface area contributed by atoms with Crippen LogP contribution < -0.4 is 0 Å². The molecular formula is C13H20ClO2. The van der Waals surface area contributed by atoms with Crippen LogP contribution in [0.5, 0.6) is 0 Å². The van der Waals surface area contributed by atoms with E-state index in [1.54, 1.807) is 0 Å². The second-order valence-electron chi connectivity index (χ2n) is 4.74. The lowest BCUT2D eigenvalue weighted by atomic mass is 9.91. The number of rotatable bonds is 2. The lowest BCUT2D eigenvalue weighted by Crippen LogP contribution is -2.06. The Bertz CT molecular complexity index is 216. The highest BCUT2D eigenvalue weighted by Gasteiger charge is 2.20. The van der Waals surface area contributed by atoms with Crippen molar-refractivity contribution in [1.29, 1.82) is 0 Å². The summed E-state index contributed by atoms with van der Waals surface area (Å²) in [7, 11) is 0. The summed E-state index contributed by atoms with van der Waals surface area (Å²) in [4.78, 5) is 20.4. The fraction of sp³-hybridized carbons (Fsp3) is 0.846. The highest BCUT2D eigenvalue weighted by Crippen LogP contribution is 2.26. The van der Waals surface area contributed by atoms with Crippen molar-refractivity contribution in [3.05, 3.63) is 0 Å². The van der Waals surface area contributed by atoms with Gasteiger partial charge in [0.2, 0.25) is 11.5 Å². The molecule has 0 aromatic heterocycles. The molecule has 0 heterocycles. The van der Waals surface area contributed by atoms with Crippen molar-refractivity contribution >= 4 is 23.1 Å². The highest BCUT2D eigenvalue weighted by atomic mass is 35.5. The van der Waals surface area contributed by atoms with Crippen LogP contribution in [0.3, 0.4) is 0 Å². The van der Waals surface area contributed by atoms with Gasteiger partial charge in [0.05, 0.1) is 0 Å². The van der Waals surface area contributed by atoms with Crippen LogP contribution in [0.4, 0.5) is 0 Å². The van der Waals surface area contributed by atoms with Gasteiger partial charge in [-0.25, -0.2) is 0 Å². The van der Waals surface area contributed by atoms with E-state index in [0.717, 1.165) is 25.7 Å². The zero-order chi connectivity index (χ0) is 11.8. The molecule has 2 saturated carbocycles. The standard InChI is InChI=1S/C7H11O.C6H9ClO/c8-6-7-4-2-1-3-5-7;7-6(8)5-3-1-2-4-5/h7H,1-5H2;5H,1-4H2. The molecule has 2 fully saturated rings. The van der Waals surface area contributed by atoms with Crippen molar-refractivity contribution in [3.63, 3.8) is 0 Å². The second kappa shape index (κ2) is 7.83. The number of halogens is 1. The molecule has 0 spiro atoms. The molecule has 1 radical (unpaired) electrons. The van der Waals surface area contributed by atoms with E-state index in [1.165, 1.54) is 32.1 Å². The van der Waals surface area contributed by atoms with Crippen LogP contribution in [0, 0.1) is 11.8 Å². The minimum atomic E-state index is -0.137. The van der Waals surface area contributed by atoms with E-state index in [2.05, 4.69) is 6.29 Å². The molecule has 91 valence electrons. The topological polar surface area (TPSA) is 34.1 Å². The van der Waals surface area contributed by atoms with Crippen LogP contribution in [0.15, 0.2) is 0 Å². The van der Waals surface area contributed by atoms with Gasteiger partial charge in [-0.3, -0.25) is 9.59 Å². The van der Waals surface area contributed by atoms with Crippen molar-refractivity contribution in [1.82, 2.24) is 0 Å². The Morgan fingerprint density at radius 1 is 0.938 bits per heavy atom. The average molecular weight is 244 g/mol. The molecule has 0 amide bonds. The molecule has 3 heteroatoms. The third kappa shape index (κ3) is 5.11. The molecule has 2 aliphatic rings. The molecule has 2 aliphatic carbocycles. The van der Waals surface area contributed by atoms with E-state index in [-0.39, 0.29) is 17.1 Å². The monoisotopic (exact) mass is 243 g/mol. The van der Waals surface area contributed by atoms with Gasteiger partial charge in [0.25, 0.3) is 0 Å². The number of hydrogen-bond acceptors (Lipinski definition) is 2. The van der Waals surface area contributed by atoms with Gasteiger partial charge in [-0.05, 0) is 37.3 Å². The Morgan fingerprint density at radius 3 is 1.75 bits per heavy atom. The summed E-state index contributed by atoms with van der Waals surface area (Å²) >= 11 is 5.25. The Kier molecular flexibility index (Phi) is 6.70. The summed E-state index contributed by atoms with van der Waals surface area (Å²) in [5.74, 6) is 0.473. The van der Waals surface area contributed by atoms with Crippen molar-refractivity contribution < 1.29 is 9.59 Å². The van der Waals surface area contributed by atoms with Gasteiger partial charge >= 0.3 is 0 Å². The molecule has 0 bridgehead atoms. The summed E-state index contributed by atoms with van der Waals surface area (Å²) in [6, 6.07) is 0. The largest absolute Gasteiger partial charge is 0.291 e. The van der Waals surface area contributed by atoms with Crippen molar-refractivity contribution in [2.45, 2.75) is 57.8 Å². The predicted octanol–water partition coefficient (Wildman–Crippen LogP) is 3.62. The fourth-order valence-electron chi connectivity index (χ4n) is 2.37. The molecule has 2 nitrogen and oxygen atoms in total. The fourth-order valence-corrected chi connectivity index (χ4v) is 2.59.